The molecule has 1 saturated heterocycles. The average molecular weight is 166 g/mol. The van der Waals surface area contributed by atoms with Crippen LogP contribution in [0.3, 0.4) is 0 Å². The number of terminal acetylenes is 1. The third kappa shape index (κ3) is 1.99. The first-order valence-electron chi connectivity index (χ1n) is 4.23. The van der Waals surface area contributed by atoms with E-state index in [1.807, 2.05) is 0 Å². The van der Waals surface area contributed by atoms with Crippen molar-refractivity contribution >= 4 is 5.91 Å². The van der Waals surface area contributed by atoms with Gasteiger partial charge in [0.05, 0.1) is 6.04 Å². The van der Waals surface area contributed by atoms with Crippen LogP contribution in [0.5, 0.6) is 0 Å². The van der Waals surface area contributed by atoms with Gasteiger partial charge in [0.15, 0.2) is 0 Å². The van der Waals surface area contributed by atoms with Crippen molar-refractivity contribution in [3.63, 3.8) is 0 Å². The third-order valence-electron chi connectivity index (χ3n) is 2.07. The Labute approximate surface area is 72.9 Å². The Bertz CT molecular complexity index is 201. The lowest BCUT2D eigenvalue weighted by molar-refractivity contribution is -0.131. The van der Waals surface area contributed by atoms with E-state index < -0.39 is 6.04 Å². The number of nitrogens with two attached hydrogens (primary N) is 1. The van der Waals surface area contributed by atoms with Crippen molar-refractivity contribution in [3.05, 3.63) is 0 Å². The fourth-order valence-electron chi connectivity index (χ4n) is 1.39. The van der Waals surface area contributed by atoms with Gasteiger partial charge >= 0.3 is 0 Å². The van der Waals surface area contributed by atoms with Crippen LogP contribution < -0.4 is 5.73 Å². The zero-order valence-corrected chi connectivity index (χ0v) is 7.12. The highest BCUT2D eigenvalue weighted by Gasteiger charge is 2.22. The van der Waals surface area contributed by atoms with E-state index in [-0.39, 0.29) is 5.91 Å². The largest absolute Gasteiger partial charge is 0.341 e. The first-order chi connectivity index (χ1) is 5.75. The fourth-order valence-corrected chi connectivity index (χ4v) is 1.39. The number of likely N-dealkylation sites (tertiary alicyclic amines) is 1. The van der Waals surface area contributed by atoms with Crippen LogP contribution in [0, 0.1) is 12.3 Å². The van der Waals surface area contributed by atoms with E-state index >= 15 is 0 Å². The van der Waals surface area contributed by atoms with Gasteiger partial charge in [-0.05, 0) is 12.8 Å². The second-order valence-electron chi connectivity index (χ2n) is 3.05. The molecule has 1 aliphatic heterocycles. The summed E-state index contributed by atoms with van der Waals surface area (Å²) in [5, 5.41) is 0. The van der Waals surface area contributed by atoms with Crippen molar-refractivity contribution in [2.45, 2.75) is 25.3 Å². The summed E-state index contributed by atoms with van der Waals surface area (Å²) in [6, 6.07) is -0.493. The molecule has 1 aliphatic rings. The first-order valence-corrected chi connectivity index (χ1v) is 4.23. The van der Waals surface area contributed by atoms with Gasteiger partial charge in [-0.2, -0.15) is 0 Å². The van der Waals surface area contributed by atoms with E-state index in [1.54, 1.807) is 4.90 Å². The van der Waals surface area contributed by atoms with E-state index in [1.165, 1.54) is 0 Å². The number of rotatable bonds is 2. The van der Waals surface area contributed by atoms with Crippen LogP contribution in [0.2, 0.25) is 0 Å². The number of amides is 1. The maximum Gasteiger partial charge on any atom is 0.240 e. The Morgan fingerprint density at radius 3 is 2.67 bits per heavy atom. The van der Waals surface area contributed by atoms with Crippen LogP contribution in [0.1, 0.15) is 19.3 Å². The second kappa shape index (κ2) is 4.13. The molecule has 0 aliphatic carbocycles. The third-order valence-corrected chi connectivity index (χ3v) is 2.07. The van der Waals surface area contributed by atoms with E-state index in [0.29, 0.717) is 6.42 Å². The second-order valence-corrected chi connectivity index (χ2v) is 3.05. The van der Waals surface area contributed by atoms with Gasteiger partial charge in [0.1, 0.15) is 0 Å². The van der Waals surface area contributed by atoms with Crippen LogP contribution in [0.25, 0.3) is 0 Å². The summed E-state index contributed by atoms with van der Waals surface area (Å²) in [6.07, 6.45) is 7.59. The topological polar surface area (TPSA) is 46.3 Å². The lowest BCUT2D eigenvalue weighted by Crippen LogP contribution is -2.42. The van der Waals surface area contributed by atoms with Crippen LogP contribution in [-0.2, 0) is 4.79 Å². The SMILES string of the molecule is C#CCC(N)C(=O)N1CCCC1. The minimum atomic E-state index is -0.493. The Hall–Kier alpha value is -1.01. The van der Waals surface area contributed by atoms with E-state index in [2.05, 4.69) is 5.92 Å². The van der Waals surface area contributed by atoms with Crippen LogP contribution in [-0.4, -0.2) is 29.9 Å². The molecule has 1 unspecified atom stereocenters. The van der Waals surface area contributed by atoms with Crippen molar-refractivity contribution in [1.82, 2.24) is 4.90 Å². The van der Waals surface area contributed by atoms with Gasteiger partial charge in [0.2, 0.25) is 5.91 Å². The Balaban J connectivity index is 2.41. The Kier molecular flexibility index (Phi) is 3.12. The summed E-state index contributed by atoms with van der Waals surface area (Å²) in [5.74, 6) is 2.40. The zero-order valence-electron chi connectivity index (χ0n) is 7.12. The number of carbonyl (C=O) groups is 1. The van der Waals surface area contributed by atoms with Gasteiger partial charge in [-0.25, -0.2) is 0 Å². The molecule has 0 aromatic rings. The number of hydrogen-bond donors (Lipinski definition) is 1. The van der Waals surface area contributed by atoms with Gasteiger partial charge in [0, 0.05) is 19.5 Å². The van der Waals surface area contributed by atoms with Crippen LogP contribution >= 0.6 is 0 Å². The Morgan fingerprint density at radius 1 is 1.58 bits per heavy atom. The van der Waals surface area contributed by atoms with Crippen molar-refractivity contribution in [1.29, 1.82) is 0 Å². The lowest BCUT2D eigenvalue weighted by Gasteiger charge is -2.18. The van der Waals surface area contributed by atoms with Gasteiger partial charge in [0.25, 0.3) is 0 Å². The highest BCUT2D eigenvalue weighted by Crippen LogP contribution is 2.09. The molecule has 0 aromatic carbocycles. The number of hydrogen-bond acceptors (Lipinski definition) is 2. The highest BCUT2D eigenvalue weighted by molar-refractivity contribution is 5.82. The molecular weight excluding hydrogens is 152 g/mol. The zero-order chi connectivity index (χ0) is 8.97. The first kappa shape index (κ1) is 9.08. The van der Waals surface area contributed by atoms with Gasteiger partial charge < -0.3 is 10.6 Å². The average Bonchev–Trinajstić information content (AvgIpc) is 2.55. The van der Waals surface area contributed by atoms with Crippen LogP contribution in [0.15, 0.2) is 0 Å². The molecule has 1 fully saturated rings. The highest BCUT2D eigenvalue weighted by atomic mass is 16.2. The molecule has 0 aromatic heterocycles. The molecule has 1 rings (SSSR count). The smallest absolute Gasteiger partial charge is 0.240 e. The lowest BCUT2D eigenvalue weighted by atomic mass is 10.2. The number of carbonyl (C=O) groups excluding carboxylic acids is 1. The van der Waals surface area contributed by atoms with Crippen molar-refractivity contribution in [3.8, 4) is 12.3 Å². The fraction of sp³-hybridized carbons (Fsp3) is 0.667. The minimum Gasteiger partial charge on any atom is -0.341 e. The summed E-state index contributed by atoms with van der Waals surface area (Å²) in [7, 11) is 0. The van der Waals surface area contributed by atoms with Crippen molar-refractivity contribution in [2.24, 2.45) is 5.73 Å². The maximum atomic E-state index is 11.4. The normalized spacial score (nSPS) is 18.8. The number of nitrogens with zero attached hydrogens (tertiary/aromatic N) is 1. The summed E-state index contributed by atoms with van der Waals surface area (Å²) in [6.45, 7) is 1.69. The predicted molar refractivity (Wildman–Crippen MR) is 47.2 cm³/mol. The molecule has 1 atom stereocenters. The van der Waals surface area contributed by atoms with Crippen molar-refractivity contribution < 1.29 is 4.79 Å². The molecular formula is C9H14N2O. The molecule has 1 amide bonds. The molecule has 3 heteroatoms. The standard InChI is InChI=1S/C9H14N2O/c1-2-5-8(10)9(12)11-6-3-4-7-11/h1,8H,3-7,10H2. The van der Waals surface area contributed by atoms with E-state index in [0.717, 1.165) is 25.9 Å². The van der Waals surface area contributed by atoms with E-state index in [4.69, 9.17) is 12.2 Å². The summed E-state index contributed by atoms with van der Waals surface area (Å²) >= 11 is 0. The predicted octanol–water partition coefficient (Wildman–Crippen LogP) is -0.0406. The summed E-state index contributed by atoms with van der Waals surface area (Å²) in [4.78, 5) is 13.2. The minimum absolute atomic E-state index is 0.00505. The molecule has 1 heterocycles. The molecule has 66 valence electrons. The molecule has 0 bridgehead atoms. The summed E-state index contributed by atoms with van der Waals surface area (Å²) in [5.41, 5.74) is 5.57. The van der Waals surface area contributed by atoms with Crippen molar-refractivity contribution in [2.75, 3.05) is 13.1 Å². The maximum absolute atomic E-state index is 11.4. The monoisotopic (exact) mass is 166 g/mol. The molecule has 3 nitrogen and oxygen atoms in total. The van der Waals surface area contributed by atoms with Gasteiger partial charge in [-0.3, -0.25) is 4.79 Å². The van der Waals surface area contributed by atoms with Gasteiger partial charge in [-0.1, -0.05) is 0 Å². The summed E-state index contributed by atoms with van der Waals surface area (Å²) < 4.78 is 0. The molecule has 0 spiro atoms. The molecule has 0 radical (unpaired) electrons. The molecule has 12 heavy (non-hydrogen) atoms. The molecule has 2 N–H and O–H groups in total. The Morgan fingerprint density at radius 2 is 2.17 bits per heavy atom. The van der Waals surface area contributed by atoms with E-state index in [9.17, 15) is 4.79 Å². The molecule has 0 saturated carbocycles. The quantitative estimate of drug-likeness (QED) is 0.585. The van der Waals surface area contributed by atoms with Gasteiger partial charge in [-0.15, -0.1) is 12.3 Å². The van der Waals surface area contributed by atoms with Crippen LogP contribution in [0.4, 0.5) is 0 Å².